The van der Waals surface area contributed by atoms with Gasteiger partial charge in [-0.15, -0.1) is 0 Å². The zero-order valence-corrected chi connectivity index (χ0v) is 7.32. The molecule has 0 aromatic carbocycles. The van der Waals surface area contributed by atoms with Gasteiger partial charge in [-0.05, 0) is 6.42 Å². The predicted octanol–water partition coefficient (Wildman–Crippen LogP) is 0.792. The minimum atomic E-state index is -4.30. The molecule has 0 rings (SSSR count). The van der Waals surface area contributed by atoms with Crippen LogP contribution in [0.1, 0.15) is 19.8 Å². The van der Waals surface area contributed by atoms with E-state index in [0.717, 1.165) is 0 Å². The van der Waals surface area contributed by atoms with E-state index in [1.807, 2.05) is 0 Å². The largest absolute Gasteiger partial charge is 0.401 e. The van der Waals surface area contributed by atoms with E-state index in [0.29, 0.717) is 12.8 Å². The van der Waals surface area contributed by atoms with Gasteiger partial charge in [-0.1, -0.05) is 13.3 Å². The maximum absolute atomic E-state index is 11.7. The maximum Gasteiger partial charge on any atom is 0.401 e. The molecule has 0 aromatic rings. The lowest BCUT2D eigenvalue weighted by Crippen LogP contribution is -2.45. The number of hydrogen-bond donors (Lipinski definition) is 2. The number of alkyl halides is 3. The molecule has 78 valence electrons. The summed E-state index contributed by atoms with van der Waals surface area (Å²) in [7, 11) is 0. The fraction of sp³-hybridized carbons (Fsp3) is 0.857. The van der Waals surface area contributed by atoms with Crippen molar-refractivity contribution in [3.05, 3.63) is 0 Å². The van der Waals surface area contributed by atoms with Crippen molar-refractivity contribution in [2.75, 3.05) is 6.54 Å². The summed E-state index contributed by atoms with van der Waals surface area (Å²) >= 11 is 0. The highest BCUT2D eigenvalue weighted by Crippen LogP contribution is 2.13. The number of rotatable bonds is 5. The van der Waals surface area contributed by atoms with Gasteiger partial charge in [0.25, 0.3) is 0 Å². The Labute approximate surface area is 74.5 Å². The van der Waals surface area contributed by atoms with Crippen LogP contribution < -0.4 is 11.1 Å². The number of halogens is 3. The molecule has 0 aliphatic carbocycles. The Morgan fingerprint density at radius 2 is 2.08 bits per heavy atom. The molecule has 0 saturated heterocycles. The maximum atomic E-state index is 11.7. The molecule has 1 unspecified atom stereocenters. The van der Waals surface area contributed by atoms with Crippen LogP contribution in [-0.4, -0.2) is 24.7 Å². The Morgan fingerprint density at radius 3 is 2.38 bits per heavy atom. The van der Waals surface area contributed by atoms with Gasteiger partial charge in [0.2, 0.25) is 5.91 Å². The molecule has 0 aliphatic heterocycles. The van der Waals surface area contributed by atoms with Crippen molar-refractivity contribution < 1.29 is 18.0 Å². The third-order valence-electron chi connectivity index (χ3n) is 1.47. The summed E-state index contributed by atoms with van der Waals surface area (Å²) in [6.07, 6.45) is -3.37. The second-order valence-electron chi connectivity index (χ2n) is 2.74. The highest BCUT2D eigenvalue weighted by atomic mass is 19.4. The highest BCUT2D eigenvalue weighted by molar-refractivity contribution is 5.79. The van der Waals surface area contributed by atoms with Crippen molar-refractivity contribution in [2.45, 2.75) is 32.0 Å². The van der Waals surface area contributed by atoms with Gasteiger partial charge in [0, 0.05) is 0 Å². The lowest BCUT2D eigenvalue weighted by atomic mass is 10.1. The monoisotopic (exact) mass is 198 g/mol. The SMILES string of the molecule is CCCC(NCC(F)(F)F)C(N)=O. The van der Waals surface area contributed by atoms with Crippen molar-refractivity contribution in [2.24, 2.45) is 5.73 Å². The molecule has 0 aromatic heterocycles. The fourth-order valence-corrected chi connectivity index (χ4v) is 0.873. The zero-order valence-electron chi connectivity index (χ0n) is 7.32. The van der Waals surface area contributed by atoms with E-state index in [4.69, 9.17) is 5.73 Å². The average Bonchev–Trinajstić information content (AvgIpc) is 1.95. The number of carbonyl (C=O) groups excluding carboxylic acids is 1. The van der Waals surface area contributed by atoms with Crippen LogP contribution in [-0.2, 0) is 4.79 Å². The van der Waals surface area contributed by atoms with Gasteiger partial charge in [0.05, 0.1) is 12.6 Å². The van der Waals surface area contributed by atoms with Crippen LogP contribution in [0.15, 0.2) is 0 Å². The minimum Gasteiger partial charge on any atom is -0.368 e. The molecule has 0 aliphatic rings. The number of amides is 1. The van der Waals surface area contributed by atoms with E-state index in [-0.39, 0.29) is 0 Å². The molecule has 0 heterocycles. The van der Waals surface area contributed by atoms with Crippen molar-refractivity contribution in [3.8, 4) is 0 Å². The van der Waals surface area contributed by atoms with Crippen molar-refractivity contribution >= 4 is 5.91 Å². The standard InChI is InChI=1S/C7H13F3N2O/c1-2-3-5(6(11)13)12-4-7(8,9)10/h5,12H,2-4H2,1H3,(H2,11,13). The van der Waals surface area contributed by atoms with E-state index in [1.165, 1.54) is 0 Å². The van der Waals surface area contributed by atoms with Crippen LogP contribution in [0.4, 0.5) is 13.2 Å². The summed E-state index contributed by atoms with van der Waals surface area (Å²) in [5, 5.41) is 2.06. The molecule has 0 saturated carbocycles. The van der Waals surface area contributed by atoms with Gasteiger partial charge >= 0.3 is 6.18 Å². The number of primary amides is 1. The van der Waals surface area contributed by atoms with Gasteiger partial charge in [0.15, 0.2) is 0 Å². The van der Waals surface area contributed by atoms with E-state index >= 15 is 0 Å². The molecule has 6 heteroatoms. The minimum absolute atomic E-state index is 0.325. The third-order valence-corrected chi connectivity index (χ3v) is 1.47. The van der Waals surface area contributed by atoms with Crippen molar-refractivity contribution in [1.82, 2.24) is 5.32 Å². The Bertz CT molecular complexity index is 170. The lowest BCUT2D eigenvalue weighted by molar-refractivity contribution is -0.130. The van der Waals surface area contributed by atoms with Crippen LogP contribution in [0.25, 0.3) is 0 Å². The van der Waals surface area contributed by atoms with Crippen LogP contribution in [0.2, 0.25) is 0 Å². The Kier molecular flexibility index (Phi) is 4.76. The smallest absolute Gasteiger partial charge is 0.368 e. The Morgan fingerprint density at radius 1 is 1.54 bits per heavy atom. The average molecular weight is 198 g/mol. The molecule has 1 amide bonds. The fourth-order valence-electron chi connectivity index (χ4n) is 0.873. The summed E-state index contributed by atoms with van der Waals surface area (Å²) in [5.41, 5.74) is 4.88. The molecule has 0 fully saturated rings. The van der Waals surface area contributed by atoms with E-state index in [1.54, 1.807) is 6.92 Å². The summed E-state index contributed by atoms with van der Waals surface area (Å²) in [4.78, 5) is 10.6. The molecule has 0 bridgehead atoms. The van der Waals surface area contributed by atoms with Gasteiger partial charge < -0.3 is 5.73 Å². The summed E-state index contributed by atoms with van der Waals surface area (Å²) in [6.45, 7) is 0.589. The first kappa shape index (κ1) is 12.2. The molecular weight excluding hydrogens is 185 g/mol. The molecular formula is C7H13F3N2O. The first-order chi connectivity index (χ1) is 5.87. The first-order valence-electron chi connectivity index (χ1n) is 3.96. The summed E-state index contributed by atoms with van der Waals surface area (Å²) in [5.74, 6) is -0.744. The van der Waals surface area contributed by atoms with Crippen LogP contribution in [0.5, 0.6) is 0 Å². The molecule has 3 N–H and O–H groups in total. The predicted molar refractivity (Wildman–Crippen MR) is 41.9 cm³/mol. The molecule has 1 atom stereocenters. The normalized spacial score (nSPS) is 14.2. The quantitative estimate of drug-likeness (QED) is 0.686. The van der Waals surface area contributed by atoms with E-state index in [2.05, 4.69) is 5.32 Å². The summed E-state index contributed by atoms with van der Waals surface area (Å²) < 4.78 is 35.1. The first-order valence-corrected chi connectivity index (χ1v) is 3.96. The van der Waals surface area contributed by atoms with Crippen molar-refractivity contribution in [3.63, 3.8) is 0 Å². The number of hydrogen-bond acceptors (Lipinski definition) is 2. The number of nitrogens with two attached hydrogens (primary N) is 1. The van der Waals surface area contributed by atoms with Gasteiger partial charge in [-0.2, -0.15) is 13.2 Å². The molecule has 0 radical (unpaired) electrons. The van der Waals surface area contributed by atoms with Crippen molar-refractivity contribution in [1.29, 1.82) is 0 Å². The van der Waals surface area contributed by atoms with Gasteiger partial charge in [-0.3, -0.25) is 10.1 Å². The third kappa shape index (κ3) is 6.39. The lowest BCUT2D eigenvalue weighted by Gasteiger charge is -2.15. The molecule has 3 nitrogen and oxygen atoms in total. The number of nitrogens with one attached hydrogen (secondary N) is 1. The molecule has 13 heavy (non-hydrogen) atoms. The van der Waals surface area contributed by atoms with Crippen LogP contribution >= 0.6 is 0 Å². The molecule has 0 spiro atoms. The van der Waals surface area contributed by atoms with E-state index < -0.39 is 24.7 Å². The van der Waals surface area contributed by atoms with Gasteiger partial charge in [-0.25, -0.2) is 0 Å². The second-order valence-corrected chi connectivity index (χ2v) is 2.74. The Balaban J connectivity index is 3.90. The van der Waals surface area contributed by atoms with Crippen LogP contribution in [0, 0.1) is 0 Å². The Hall–Kier alpha value is -0.780. The zero-order chi connectivity index (χ0) is 10.5. The van der Waals surface area contributed by atoms with Crippen LogP contribution in [0.3, 0.4) is 0 Å². The van der Waals surface area contributed by atoms with Gasteiger partial charge in [0.1, 0.15) is 0 Å². The number of carbonyl (C=O) groups is 1. The topological polar surface area (TPSA) is 55.1 Å². The second kappa shape index (κ2) is 5.06. The summed E-state index contributed by atoms with van der Waals surface area (Å²) in [6, 6.07) is -0.883. The highest BCUT2D eigenvalue weighted by Gasteiger charge is 2.28. The van der Waals surface area contributed by atoms with E-state index in [9.17, 15) is 18.0 Å².